The zero-order valence-electron chi connectivity index (χ0n) is 11.5. The number of hydrogen-bond donors (Lipinski definition) is 1. The van der Waals surface area contributed by atoms with Gasteiger partial charge in [-0.3, -0.25) is 0 Å². The molecule has 2 atom stereocenters. The maximum Gasteiger partial charge on any atom is 0.0132 e. The molecule has 0 saturated heterocycles. The standard InChI is InChI=1S/C15H30N2/c1-3-4-5-6-9-12-17(2)15-11-8-7-10-14(15)13-16/h3,14-15H,1,4-13,16H2,2H3. The third-order valence-electron chi connectivity index (χ3n) is 4.16. The number of nitrogens with two attached hydrogens (primary N) is 1. The monoisotopic (exact) mass is 238 g/mol. The van der Waals surface area contributed by atoms with Gasteiger partial charge >= 0.3 is 0 Å². The average Bonchev–Trinajstić information content (AvgIpc) is 2.38. The summed E-state index contributed by atoms with van der Waals surface area (Å²) in [7, 11) is 2.28. The summed E-state index contributed by atoms with van der Waals surface area (Å²) in [5.41, 5.74) is 5.89. The van der Waals surface area contributed by atoms with E-state index in [9.17, 15) is 0 Å². The number of nitrogens with zero attached hydrogens (tertiary/aromatic N) is 1. The first-order valence-electron chi connectivity index (χ1n) is 7.30. The van der Waals surface area contributed by atoms with Gasteiger partial charge in [-0.2, -0.15) is 0 Å². The molecule has 2 N–H and O–H groups in total. The zero-order valence-corrected chi connectivity index (χ0v) is 11.5. The molecule has 0 aliphatic heterocycles. The van der Waals surface area contributed by atoms with Crippen LogP contribution in [0.15, 0.2) is 12.7 Å². The molecule has 0 aromatic carbocycles. The first-order chi connectivity index (χ1) is 8.29. The van der Waals surface area contributed by atoms with Gasteiger partial charge in [0.25, 0.3) is 0 Å². The minimum atomic E-state index is 0.738. The van der Waals surface area contributed by atoms with Crippen molar-refractivity contribution in [1.29, 1.82) is 0 Å². The Labute approximate surface area is 107 Å². The van der Waals surface area contributed by atoms with E-state index in [1.807, 2.05) is 6.08 Å². The summed E-state index contributed by atoms with van der Waals surface area (Å²) >= 11 is 0. The largest absolute Gasteiger partial charge is 0.330 e. The van der Waals surface area contributed by atoms with E-state index >= 15 is 0 Å². The van der Waals surface area contributed by atoms with Crippen molar-refractivity contribution in [3.05, 3.63) is 12.7 Å². The van der Waals surface area contributed by atoms with E-state index in [1.165, 1.54) is 57.9 Å². The van der Waals surface area contributed by atoms with Crippen LogP contribution in [0.3, 0.4) is 0 Å². The molecule has 1 rings (SSSR count). The fraction of sp³-hybridized carbons (Fsp3) is 0.867. The highest BCUT2D eigenvalue weighted by Gasteiger charge is 2.26. The van der Waals surface area contributed by atoms with Gasteiger partial charge in [-0.05, 0) is 58.2 Å². The number of allylic oxidation sites excluding steroid dienone is 1. The Bertz CT molecular complexity index is 203. The normalized spacial score (nSPS) is 25.1. The molecule has 1 fully saturated rings. The molecule has 1 aliphatic rings. The summed E-state index contributed by atoms with van der Waals surface area (Å²) in [5.74, 6) is 0.738. The molecular weight excluding hydrogens is 208 g/mol. The van der Waals surface area contributed by atoms with Crippen LogP contribution in [0.2, 0.25) is 0 Å². The first kappa shape index (κ1) is 14.7. The van der Waals surface area contributed by atoms with Gasteiger partial charge in [0.2, 0.25) is 0 Å². The Morgan fingerprint density at radius 3 is 2.71 bits per heavy atom. The Kier molecular flexibility index (Phi) is 7.54. The van der Waals surface area contributed by atoms with Crippen molar-refractivity contribution in [1.82, 2.24) is 4.90 Å². The molecule has 2 heteroatoms. The molecule has 17 heavy (non-hydrogen) atoms. The van der Waals surface area contributed by atoms with Crippen molar-refractivity contribution < 1.29 is 0 Å². The number of unbranched alkanes of at least 4 members (excludes halogenated alkanes) is 3. The molecule has 100 valence electrons. The maximum atomic E-state index is 5.89. The van der Waals surface area contributed by atoms with Crippen LogP contribution in [-0.2, 0) is 0 Å². The fourth-order valence-electron chi connectivity index (χ4n) is 3.04. The second kappa shape index (κ2) is 8.71. The van der Waals surface area contributed by atoms with Gasteiger partial charge in [-0.25, -0.2) is 0 Å². The maximum absolute atomic E-state index is 5.89. The summed E-state index contributed by atoms with van der Waals surface area (Å²) in [6.07, 6.45) is 12.6. The van der Waals surface area contributed by atoms with E-state index in [0.29, 0.717) is 0 Å². The van der Waals surface area contributed by atoms with Crippen molar-refractivity contribution >= 4 is 0 Å². The molecular formula is C15H30N2. The van der Waals surface area contributed by atoms with Crippen LogP contribution in [0.4, 0.5) is 0 Å². The van der Waals surface area contributed by atoms with Gasteiger partial charge in [0.15, 0.2) is 0 Å². The zero-order chi connectivity index (χ0) is 12.5. The Balaban J connectivity index is 2.20. The Hall–Kier alpha value is -0.340. The fourth-order valence-corrected chi connectivity index (χ4v) is 3.04. The highest BCUT2D eigenvalue weighted by atomic mass is 15.1. The second-order valence-electron chi connectivity index (χ2n) is 5.47. The van der Waals surface area contributed by atoms with Crippen molar-refractivity contribution in [3.63, 3.8) is 0 Å². The molecule has 0 aromatic rings. The molecule has 0 amide bonds. The van der Waals surface area contributed by atoms with Gasteiger partial charge in [-0.15, -0.1) is 6.58 Å². The van der Waals surface area contributed by atoms with Crippen molar-refractivity contribution in [2.75, 3.05) is 20.1 Å². The summed E-state index contributed by atoms with van der Waals surface area (Å²) < 4.78 is 0. The third kappa shape index (κ3) is 5.22. The summed E-state index contributed by atoms with van der Waals surface area (Å²) in [6.45, 7) is 5.86. The van der Waals surface area contributed by atoms with Crippen LogP contribution in [0.5, 0.6) is 0 Å². The van der Waals surface area contributed by atoms with Crippen LogP contribution in [0, 0.1) is 5.92 Å². The summed E-state index contributed by atoms with van der Waals surface area (Å²) in [6, 6.07) is 0.744. The lowest BCUT2D eigenvalue weighted by molar-refractivity contribution is 0.131. The third-order valence-corrected chi connectivity index (χ3v) is 4.16. The quantitative estimate of drug-likeness (QED) is 0.520. The van der Waals surface area contributed by atoms with E-state index in [1.54, 1.807) is 0 Å². The number of rotatable bonds is 8. The van der Waals surface area contributed by atoms with Gasteiger partial charge in [0.05, 0.1) is 0 Å². The predicted octanol–water partition coefficient (Wildman–Crippen LogP) is 3.18. The van der Waals surface area contributed by atoms with Crippen LogP contribution in [0.25, 0.3) is 0 Å². The lowest BCUT2D eigenvalue weighted by atomic mass is 9.83. The minimum Gasteiger partial charge on any atom is -0.330 e. The van der Waals surface area contributed by atoms with Gasteiger partial charge < -0.3 is 10.6 Å². The van der Waals surface area contributed by atoms with Gasteiger partial charge in [0, 0.05) is 6.04 Å². The lowest BCUT2D eigenvalue weighted by Crippen LogP contribution is -2.43. The van der Waals surface area contributed by atoms with Crippen LogP contribution < -0.4 is 5.73 Å². The molecule has 1 aliphatic carbocycles. The smallest absolute Gasteiger partial charge is 0.0132 e. The van der Waals surface area contributed by atoms with Crippen LogP contribution in [0.1, 0.15) is 51.4 Å². The SMILES string of the molecule is C=CCCCCCN(C)C1CCCCC1CN. The highest BCUT2D eigenvalue weighted by molar-refractivity contribution is 4.82. The second-order valence-corrected chi connectivity index (χ2v) is 5.47. The molecule has 0 heterocycles. The highest BCUT2D eigenvalue weighted by Crippen LogP contribution is 2.27. The molecule has 0 spiro atoms. The molecule has 1 saturated carbocycles. The van der Waals surface area contributed by atoms with Crippen molar-refractivity contribution in [3.8, 4) is 0 Å². The Morgan fingerprint density at radius 1 is 1.24 bits per heavy atom. The summed E-state index contributed by atoms with van der Waals surface area (Å²) in [5, 5.41) is 0. The average molecular weight is 238 g/mol. The Morgan fingerprint density at radius 2 is 2.00 bits per heavy atom. The summed E-state index contributed by atoms with van der Waals surface area (Å²) in [4.78, 5) is 2.56. The molecule has 0 bridgehead atoms. The van der Waals surface area contributed by atoms with E-state index in [2.05, 4.69) is 18.5 Å². The van der Waals surface area contributed by atoms with Crippen molar-refractivity contribution in [2.45, 2.75) is 57.4 Å². The van der Waals surface area contributed by atoms with Crippen LogP contribution >= 0.6 is 0 Å². The molecule has 0 radical (unpaired) electrons. The van der Waals surface area contributed by atoms with Crippen LogP contribution in [-0.4, -0.2) is 31.1 Å². The lowest BCUT2D eigenvalue weighted by Gasteiger charge is -2.37. The van der Waals surface area contributed by atoms with E-state index < -0.39 is 0 Å². The first-order valence-corrected chi connectivity index (χ1v) is 7.30. The van der Waals surface area contributed by atoms with Gasteiger partial charge in [0.1, 0.15) is 0 Å². The topological polar surface area (TPSA) is 29.3 Å². The van der Waals surface area contributed by atoms with E-state index in [-0.39, 0.29) is 0 Å². The predicted molar refractivity (Wildman–Crippen MR) is 76.1 cm³/mol. The van der Waals surface area contributed by atoms with E-state index in [0.717, 1.165) is 18.5 Å². The molecule has 0 aromatic heterocycles. The van der Waals surface area contributed by atoms with Gasteiger partial charge in [-0.1, -0.05) is 25.3 Å². The van der Waals surface area contributed by atoms with Crippen molar-refractivity contribution in [2.24, 2.45) is 11.7 Å². The van der Waals surface area contributed by atoms with E-state index in [4.69, 9.17) is 5.73 Å². The molecule has 2 nitrogen and oxygen atoms in total. The molecule has 2 unspecified atom stereocenters. The number of hydrogen-bond acceptors (Lipinski definition) is 2. The minimum absolute atomic E-state index is 0.738.